The first-order chi connectivity index (χ1) is 18.7. The second-order valence-electron chi connectivity index (χ2n) is 8.43. The summed E-state index contributed by atoms with van der Waals surface area (Å²) in [5.41, 5.74) is -6.15. The molecule has 0 aliphatic rings. The number of aromatic amines is 1. The average molecular weight is 572 g/mol. The van der Waals surface area contributed by atoms with Crippen LogP contribution >= 0.6 is 0 Å². The molecule has 1 unspecified atom stereocenters. The van der Waals surface area contributed by atoms with Gasteiger partial charge in [0.05, 0.1) is 28.4 Å². The van der Waals surface area contributed by atoms with E-state index in [1.54, 1.807) is 5.10 Å². The minimum absolute atomic E-state index is 0.0702. The van der Waals surface area contributed by atoms with Crippen LogP contribution in [0.1, 0.15) is 18.1 Å². The molecule has 0 aliphatic heterocycles. The molecule has 3 aromatic heterocycles. The number of aromatic nitrogens is 5. The summed E-state index contributed by atoms with van der Waals surface area (Å²) in [5, 5.41) is 6.82. The van der Waals surface area contributed by atoms with Crippen molar-refractivity contribution in [3.63, 3.8) is 0 Å². The van der Waals surface area contributed by atoms with Crippen LogP contribution in [0, 0.1) is 11.6 Å². The molecule has 1 atom stereocenters. The highest BCUT2D eigenvalue weighted by molar-refractivity contribution is 5.86. The Morgan fingerprint density at radius 1 is 1.02 bits per heavy atom. The van der Waals surface area contributed by atoms with Crippen molar-refractivity contribution in [2.75, 3.05) is 5.32 Å². The molecular weight excluding hydrogens is 556 g/mol. The number of alkyl halides is 6. The van der Waals surface area contributed by atoms with E-state index in [0.29, 0.717) is 12.4 Å². The molecule has 0 radical (unpaired) electrons. The number of allylic oxidation sites excluding steroid dienone is 1. The van der Waals surface area contributed by atoms with E-state index in [-0.39, 0.29) is 11.9 Å². The summed E-state index contributed by atoms with van der Waals surface area (Å²) in [7, 11) is 0. The van der Waals surface area contributed by atoms with Gasteiger partial charge in [-0.2, -0.15) is 31.4 Å². The molecule has 1 aromatic carbocycles. The third-order valence-electron chi connectivity index (χ3n) is 5.62. The van der Waals surface area contributed by atoms with Crippen molar-refractivity contribution in [3.8, 4) is 11.4 Å². The van der Waals surface area contributed by atoms with Gasteiger partial charge in [0, 0.05) is 31.2 Å². The number of anilines is 1. The molecule has 0 aliphatic carbocycles. The van der Waals surface area contributed by atoms with Crippen molar-refractivity contribution >= 4 is 16.5 Å². The summed E-state index contributed by atoms with van der Waals surface area (Å²) in [4.78, 5) is 31.3. The monoisotopic (exact) mass is 572 g/mol. The van der Waals surface area contributed by atoms with Crippen LogP contribution in [0.3, 0.4) is 0 Å². The fourth-order valence-electron chi connectivity index (χ4n) is 3.76. The standard InChI is InChI=1S/C24H16F8N6O2/c1-11(36-15-10-35-37-21(39)17(15)24(30,31)32)3-2-5-38-6-4-12-7-14(18(25)19(26)16(12)22(38)40)20-33-8-13(9-34-20)23(27,28)29/h2-4,6-11H,5H2,1H3,(H2,36,37,39). The Kier molecular flexibility index (Phi) is 7.45. The summed E-state index contributed by atoms with van der Waals surface area (Å²) in [5.74, 6) is -3.62. The maximum absolute atomic E-state index is 14.9. The van der Waals surface area contributed by atoms with Crippen LogP contribution in [0.4, 0.5) is 40.8 Å². The number of halogens is 8. The first-order valence-electron chi connectivity index (χ1n) is 11.2. The number of hydrogen-bond donors (Lipinski definition) is 2. The third-order valence-corrected chi connectivity index (χ3v) is 5.62. The van der Waals surface area contributed by atoms with E-state index in [0.717, 1.165) is 16.8 Å². The number of nitrogens with one attached hydrogen (secondary N) is 2. The van der Waals surface area contributed by atoms with E-state index < -0.39 is 74.7 Å². The summed E-state index contributed by atoms with van der Waals surface area (Å²) in [6, 6.07) is 1.51. The van der Waals surface area contributed by atoms with Gasteiger partial charge in [0.15, 0.2) is 17.5 Å². The average Bonchev–Trinajstić information content (AvgIpc) is 2.86. The van der Waals surface area contributed by atoms with Gasteiger partial charge >= 0.3 is 12.4 Å². The lowest BCUT2D eigenvalue weighted by Crippen LogP contribution is -2.26. The minimum atomic E-state index is -4.95. The molecular formula is C24H16F8N6O2. The lowest BCUT2D eigenvalue weighted by atomic mass is 10.1. The molecule has 3 heterocycles. The van der Waals surface area contributed by atoms with Crippen LogP contribution in [0.15, 0.2) is 58.7 Å². The molecule has 4 aromatic rings. The van der Waals surface area contributed by atoms with Gasteiger partial charge in [-0.25, -0.2) is 23.8 Å². The van der Waals surface area contributed by atoms with Gasteiger partial charge in [-0.15, -0.1) is 0 Å². The molecule has 0 spiro atoms. The van der Waals surface area contributed by atoms with Gasteiger partial charge in [-0.05, 0) is 24.4 Å². The number of fused-ring (bicyclic) bond motifs is 1. The lowest BCUT2D eigenvalue weighted by molar-refractivity contribution is -0.139. The van der Waals surface area contributed by atoms with Gasteiger partial charge < -0.3 is 9.88 Å². The van der Waals surface area contributed by atoms with Crippen molar-refractivity contribution in [1.29, 1.82) is 0 Å². The van der Waals surface area contributed by atoms with Crippen molar-refractivity contribution < 1.29 is 35.1 Å². The smallest absolute Gasteiger partial charge is 0.377 e. The van der Waals surface area contributed by atoms with Crippen LogP contribution < -0.4 is 16.4 Å². The Hall–Kier alpha value is -4.63. The molecule has 0 saturated carbocycles. The number of nitrogens with zero attached hydrogens (tertiary/aromatic N) is 4. The molecule has 40 heavy (non-hydrogen) atoms. The van der Waals surface area contributed by atoms with Crippen LogP contribution in [0.5, 0.6) is 0 Å². The maximum atomic E-state index is 14.9. The summed E-state index contributed by atoms with van der Waals surface area (Å²) >= 11 is 0. The predicted molar refractivity (Wildman–Crippen MR) is 126 cm³/mol. The Morgan fingerprint density at radius 2 is 1.70 bits per heavy atom. The summed E-state index contributed by atoms with van der Waals surface area (Å²) < 4.78 is 109. The molecule has 0 fully saturated rings. The highest BCUT2D eigenvalue weighted by atomic mass is 19.4. The van der Waals surface area contributed by atoms with E-state index in [1.165, 1.54) is 31.3 Å². The van der Waals surface area contributed by atoms with E-state index in [2.05, 4.69) is 20.4 Å². The van der Waals surface area contributed by atoms with Gasteiger partial charge in [-0.1, -0.05) is 12.2 Å². The second-order valence-corrected chi connectivity index (χ2v) is 8.43. The van der Waals surface area contributed by atoms with Crippen LogP contribution in [0.2, 0.25) is 0 Å². The van der Waals surface area contributed by atoms with Crippen molar-refractivity contribution in [3.05, 3.63) is 92.5 Å². The largest absolute Gasteiger partial charge is 0.423 e. The molecule has 4 rings (SSSR count). The van der Waals surface area contributed by atoms with E-state index >= 15 is 0 Å². The Labute approximate surface area is 218 Å². The van der Waals surface area contributed by atoms with E-state index in [9.17, 15) is 44.7 Å². The van der Waals surface area contributed by atoms with Crippen molar-refractivity contribution in [2.45, 2.75) is 31.9 Å². The summed E-state index contributed by atoms with van der Waals surface area (Å²) in [6.45, 7) is 1.27. The van der Waals surface area contributed by atoms with Gasteiger partial charge in [0.25, 0.3) is 11.1 Å². The lowest BCUT2D eigenvalue weighted by Gasteiger charge is -2.15. The van der Waals surface area contributed by atoms with E-state index in [4.69, 9.17) is 0 Å². The zero-order valence-corrected chi connectivity index (χ0v) is 20.0. The zero-order valence-electron chi connectivity index (χ0n) is 20.0. The van der Waals surface area contributed by atoms with Crippen molar-refractivity contribution in [2.24, 2.45) is 0 Å². The summed E-state index contributed by atoms with van der Waals surface area (Å²) in [6.07, 6.45) is -4.06. The fraction of sp³-hybridized carbons (Fsp3) is 0.208. The molecule has 8 nitrogen and oxygen atoms in total. The number of benzene rings is 1. The number of pyridine rings is 1. The second kappa shape index (κ2) is 10.5. The van der Waals surface area contributed by atoms with Gasteiger partial charge in [-0.3, -0.25) is 9.59 Å². The van der Waals surface area contributed by atoms with Gasteiger partial charge in [0.2, 0.25) is 0 Å². The Balaban J connectivity index is 1.58. The van der Waals surface area contributed by atoms with Crippen molar-refractivity contribution in [1.82, 2.24) is 24.7 Å². The fourth-order valence-corrected chi connectivity index (χ4v) is 3.76. The quantitative estimate of drug-likeness (QED) is 0.251. The molecule has 2 N–H and O–H groups in total. The molecule has 0 bridgehead atoms. The molecule has 16 heteroatoms. The van der Waals surface area contributed by atoms with E-state index in [1.807, 2.05) is 0 Å². The number of H-pyrrole nitrogens is 1. The number of rotatable bonds is 6. The Bertz CT molecular complexity index is 1710. The highest BCUT2D eigenvalue weighted by Crippen LogP contribution is 2.32. The first-order valence-corrected chi connectivity index (χ1v) is 11.2. The maximum Gasteiger partial charge on any atom is 0.423 e. The van der Waals surface area contributed by atoms with Crippen LogP contribution in [-0.2, 0) is 18.9 Å². The molecule has 210 valence electrons. The normalized spacial score (nSPS) is 13.2. The molecule has 0 saturated heterocycles. The van der Waals surface area contributed by atoms with Crippen LogP contribution in [0.25, 0.3) is 22.2 Å². The first kappa shape index (κ1) is 28.4. The molecule has 0 amide bonds. The zero-order chi connectivity index (χ0) is 29.4. The third kappa shape index (κ3) is 5.69. The Morgan fingerprint density at radius 3 is 2.33 bits per heavy atom. The SMILES string of the molecule is CC(C=CCn1ccc2cc(-c3ncc(C(F)(F)F)cn3)c(F)c(F)c2c1=O)Nc1cn[nH]c(=O)c1C(F)(F)F. The van der Waals surface area contributed by atoms with Crippen LogP contribution in [-0.4, -0.2) is 30.8 Å². The highest BCUT2D eigenvalue weighted by Gasteiger charge is 2.37. The minimum Gasteiger partial charge on any atom is -0.377 e. The topological polar surface area (TPSA) is 106 Å². The predicted octanol–water partition coefficient (Wildman–Crippen LogP) is 4.91. The van der Waals surface area contributed by atoms with Gasteiger partial charge in [0.1, 0.15) is 5.56 Å². The number of hydrogen-bond acceptors (Lipinski definition) is 6.